The van der Waals surface area contributed by atoms with E-state index in [9.17, 15) is 9.18 Å². The molecule has 0 aliphatic heterocycles. The topological polar surface area (TPSA) is 37.3 Å². The van der Waals surface area contributed by atoms with Crippen LogP contribution in [-0.2, 0) is 9.12 Å². The Labute approximate surface area is 83.5 Å². The highest BCUT2D eigenvalue weighted by Gasteiger charge is 2.31. The Balaban J connectivity index is 3.14. The predicted molar refractivity (Wildman–Crippen MR) is 50.3 cm³/mol. The first-order chi connectivity index (χ1) is 5.94. The zero-order chi connectivity index (χ0) is 10.1. The van der Waals surface area contributed by atoms with Crippen LogP contribution in [0.25, 0.3) is 0 Å². The van der Waals surface area contributed by atoms with Crippen LogP contribution in [0.4, 0.5) is 4.39 Å². The summed E-state index contributed by atoms with van der Waals surface area (Å²) in [6, 6.07) is 5.51. The fourth-order valence-electron chi connectivity index (χ4n) is 0.904. The van der Waals surface area contributed by atoms with Crippen molar-refractivity contribution in [1.82, 2.24) is 0 Å². The van der Waals surface area contributed by atoms with Crippen LogP contribution in [-0.4, -0.2) is 11.1 Å². The first-order valence-corrected chi connectivity index (χ1v) is 4.42. The van der Waals surface area contributed by atoms with Crippen molar-refractivity contribution in [3.63, 3.8) is 0 Å². The minimum Gasteiger partial charge on any atom is -0.480 e. The minimum absolute atomic E-state index is 0.389. The van der Waals surface area contributed by atoms with Gasteiger partial charge in [-0.25, -0.2) is 4.39 Å². The second-order valence-electron chi connectivity index (χ2n) is 2.82. The standard InChI is InChI=1S/C9H8BrFO2/c1-9(10,8(12)13)6-3-2-4-7(11)5-6/h2-5H,1H3,(H,12,13). The highest BCUT2D eigenvalue weighted by molar-refractivity contribution is 9.10. The van der Waals surface area contributed by atoms with Crippen LogP contribution in [0, 0.1) is 5.82 Å². The third kappa shape index (κ3) is 2.06. The van der Waals surface area contributed by atoms with Crippen LogP contribution in [0.15, 0.2) is 24.3 Å². The highest BCUT2D eigenvalue weighted by Crippen LogP contribution is 2.31. The van der Waals surface area contributed by atoms with Crippen molar-refractivity contribution in [1.29, 1.82) is 0 Å². The van der Waals surface area contributed by atoms with Crippen molar-refractivity contribution >= 4 is 21.9 Å². The molecule has 1 aromatic carbocycles. The number of alkyl halides is 1. The van der Waals surface area contributed by atoms with E-state index < -0.39 is 16.1 Å². The molecule has 0 aliphatic rings. The van der Waals surface area contributed by atoms with Crippen LogP contribution in [0.1, 0.15) is 12.5 Å². The maximum Gasteiger partial charge on any atom is 0.324 e. The van der Waals surface area contributed by atoms with E-state index in [1.807, 2.05) is 0 Å². The molecule has 0 amide bonds. The lowest BCUT2D eigenvalue weighted by Crippen LogP contribution is -2.24. The normalized spacial score (nSPS) is 15.0. The first kappa shape index (κ1) is 10.2. The van der Waals surface area contributed by atoms with Gasteiger partial charge in [-0.15, -0.1) is 0 Å². The summed E-state index contributed by atoms with van der Waals surface area (Å²) in [5.41, 5.74) is 0.389. The van der Waals surface area contributed by atoms with Crippen molar-refractivity contribution in [2.75, 3.05) is 0 Å². The molecule has 1 aromatic rings. The van der Waals surface area contributed by atoms with Gasteiger partial charge in [0.1, 0.15) is 10.1 Å². The van der Waals surface area contributed by atoms with Crippen molar-refractivity contribution in [2.24, 2.45) is 0 Å². The number of benzene rings is 1. The molecule has 0 aromatic heterocycles. The largest absolute Gasteiger partial charge is 0.480 e. The molecule has 0 heterocycles. The molecule has 1 unspecified atom stereocenters. The number of rotatable bonds is 2. The Kier molecular flexibility index (Phi) is 2.71. The zero-order valence-electron chi connectivity index (χ0n) is 6.92. The molecule has 0 fully saturated rings. The average Bonchev–Trinajstić information content (AvgIpc) is 2.04. The Morgan fingerprint density at radius 3 is 2.69 bits per heavy atom. The van der Waals surface area contributed by atoms with Crippen molar-refractivity contribution in [3.8, 4) is 0 Å². The van der Waals surface area contributed by atoms with Crippen LogP contribution < -0.4 is 0 Å². The molecule has 0 radical (unpaired) electrons. The molecule has 1 rings (SSSR count). The molecule has 1 atom stereocenters. The van der Waals surface area contributed by atoms with Gasteiger partial charge in [0.05, 0.1) is 0 Å². The van der Waals surface area contributed by atoms with Gasteiger partial charge in [-0.2, -0.15) is 0 Å². The van der Waals surface area contributed by atoms with Gasteiger partial charge >= 0.3 is 5.97 Å². The summed E-state index contributed by atoms with van der Waals surface area (Å²) in [7, 11) is 0. The SMILES string of the molecule is CC(Br)(C(=O)O)c1cccc(F)c1. The molecule has 13 heavy (non-hydrogen) atoms. The summed E-state index contributed by atoms with van der Waals surface area (Å²) in [6.07, 6.45) is 0. The fourth-order valence-corrected chi connectivity index (χ4v) is 1.15. The number of hydrogen-bond donors (Lipinski definition) is 1. The van der Waals surface area contributed by atoms with E-state index in [2.05, 4.69) is 15.9 Å². The quantitative estimate of drug-likeness (QED) is 0.815. The fraction of sp³-hybridized carbons (Fsp3) is 0.222. The molecular formula is C9H8BrFO2. The summed E-state index contributed by atoms with van der Waals surface area (Å²) in [4.78, 5) is 10.8. The molecule has 0 bridgehead atoms. The molecular weight excluding hydrogens is 239 g/mol. The number of hydrogen-bond acceptors (Lipinski definition) is 1. The molecule has 1 N–H and O–H groups in total. The van der Waals surface area contributed by atoms with Crippen molar-refractivity contribution in [2.45, 2.75) is 11.2 Å². The maximum absolute atomic E-state index is 12.7. The van der Waals surface area contributed by atoms with E-state index >= 15 is 0 Å². The van der Waals surface area contributed by atoms with Gasteiger partial charge in [0.25, 0.3) is 0 Å². The molecule has 2 nitrogen and oxygen atoms in total. The maximum atomic E-state index is 12.7. The lowest BCUT2D eigenvalue weighted by molar-refractivity contribution is -0.139. The lowest BCUT2D eigenvalue weighted by atomic mass is 10.0. The number of halogens is 2. The van der Waals surface area contributed by atoms with E-state index in [4.69, 9.17) is 5.11 Å². The second kappa shape index (κ2) is 3.46. The third-order valence-corrected chi connectivity index (χ3v) is 2.57. The highest BCUT2D eigenvalue weighted by atomic mass is 79.9. The van der Waals surface area contributed by atoms with E-state index in [1.54, 1.807) is 6.07 Å². The Bertz CT molecular complexity index is 336. The summed E-state index contributed by atoms with van der Waals surface area (Å²) >= 11 is 3.02. The van der Waals surface area contributed by atoms with E-state index in [0.29, 0.717) is 5.56 Å². The molecule has 0 aliphatic carbocycles. The molecule has 0 saturated heterocycles. The van der Waals surface area contributed by atoms with Crippen molar-refractivity contribution in [3.05, 3.63) is 35.6 Å². The Hall–Kier alpha value is -0.900. The predicted octanol–water partition coefficient (Wildman–Crippen LogP) is 2.52. The summed E-state index contributed by atoms with van der Waals surface area (Å²) in [5, 5.41) is 8.82. The zero-order valence-corrected chi connectivity index (χ0v) is 8.51. The number of aliphatic carboxylic acids is 1. The van der Waals surface area contributed by atoms with Gasteiger partial charge in [0.15, 0.2) is 0 Å². The van der Waals surface area contributed by atoms with Crippen LogP contribution in [0.2, 0.25) is 0 Å². The van der Waals surface area contributed by atoms with Crippen LogP contribution >= 0.6 is 15.9 Å². The third-order valence-electron chi connectivity index (χ3n) is 1.77. The van der Waals surface area contributed by atoms with Gasteiger partial charge in [-0.05, 0) is 24.6 Å². The van der Waals surface area contributed by atoms with E-state index in [0.717, 1.165) is 0 Å². The number of carboxylic acid groups (broad SMARTS) is 1. The first-order valence-electron chi connectivity index (χ1n) is 3.63. The van der Waals surface area contributed by atoms with E-state index in [-0.39, 0.29) is 0 Å². The van der Waals surface area contributed by atoms with Crippen molar-refractivity contribution < 1.29 is 14.3 Å². The molecule has 0 spiro atoms. The summed E-state index contributed by atoms with van der Waals surface area (Å²) < 4.78 is 11.5. The average molecular weight is 247 g/mol. The van der Waals surface area contributed by atoms with Gasteiger partial charge in [-0.1, -0.05) is 28.1 Å². The van der Waals surface area contributed by atoms with Crippen LogP contribution in [0.5, 0.6) is 0 Å². The number of carboxylic acids is 1. The Morgan fingerprint density at radius 2 is 2.23 bits per heavy atom. The number of carbonyl (C=O) groups is 1. The second-order valence-corrected chi connectivity index (χ2v) is 4.40. The minimum atomic E-state index is -1.23. The van der Waals surface area contributed by atoms with Crippen LogP contribution in [0.3, 0.4) is 0 Å². The molecule has 4 heteroatoms. The van der Waals surface area contributed by atoms with Gasteiger partial charge in [-0.3, -0.25) is 4.79 Å². The van der Waals surface area contributed by atoms with Gasteiger partial charge < -0.3 is 5.11 Å². The monoisotopic (exact) mass is 246 g/mol. The molecule has 70 valence electrons. The van der Waals surface area contributed by atoms with Gasteiger partial charge in [0, 0.05) is 0 Å². The van der Waals surface area contributed by atoms with E-state index in [1.165, 1.54) is 25.1 Å². The summed E-state index contributed by atoms with van der Waals surface area (Å²) in [5.74, 6) is -1.48. The smallest absolute Gasteiger partial charge is 0.324 e. The summed E-state index contributed by atoms with van der Waals surface area (Å²) in [6.45, 7) is 1.46. The Morgan fingerprint density at radius 1 is 1.62 bits per heavy atom. The lowest BCUT2D eigenvalue weighted by Gasteiger charge is -2.17. The van der Waals surface area contributed by atoms with Gasteiger partial charge in [0.2, 0.25) is 0 Å². The molecule has 0 saturated carbocycles.